The molecule has 5 rings (SSSR count). The Balaban J connectivity index is 1.47. The Labute approximate surface area is 205 Å². The summed E-state index contributed by atoms with van der Waals surface area (Å²) in [6.07, 6.45) is 1.43. The Kier molecular flexibility index (Phi) is 5.78. The first-order valence-electron chi connectivity index (χ1n) is 10.5. The fourth-order valence-electron chi connectivity index (χ4n) is 3.89. The van der Waals surface area contributed by atoms with Gasteiger partial charge in [0.05, 0.1) is 20.7 Å². The molecule has 0 saturated carbocycles. The van der Waals surface area contributed by atoms with Gasteiger partial charge in [0.15, 0.2) is 10.9 Å². The van der Waals surface area contributed by atoms with E-state index in [2.05, 4.69) is 15.3 Å². The zero-order chi connectivity index (χ0) is 25.4. The Hall–Kier alpha value is -4.84. The van der Waals surface area contributed by atoms with E-state index in [-0.39, 0.29) is 21.9 Å². The zero-order valence-corrected chi connectivity index (χ0v) is 18.9. The van der Waals surface area contributed by atoms with Crippen LogP contribution >= 0.6 is 11.3 Å². The molecule has 0 radical (unpaired) electrons. The second-order valence-corrected chi connectivity index (χ2v) is 8.77. The molecule has 4 aromatic rings. The van der Waals surface area contributed by atoms with Crippen molar-refractivity contribution < 1.29 is 28.8 Å². The van der Waals surface area contributed by atoms with E-state index in [0.29, 0.717) is 15.8 Å². The van der Waals surface area contributed by atoms with Crippen LogP contribution in [0.3, 0.4) is 0 Å². The number of pyridine rings is 1. The fraction of sp³-hybridized carbons (Fsp3) is 0.0833. The first kappa shape index (κ1) is 22.9. The van der Waals surface area contributed by atoms with Gasteiger partial charge in [-0.2, -0.15) is 0 Å². The second kappa shape index (κ2) is 9.07. The average molecular weight is 502 g/mol. The monoisotopic (exact) mass is 502 g/mol. The van der Waals surface area contributed by atoms with Crippen molar-refractivity contribution in [2.24, 2.45) is 5.92 Å². The van der Waals surface area contributed by atoms with Gasteiger partial charge in [0.2, 0.25) is 5.78 Å². The summed E-state index contributed by atoms with van der Waals surface area (Å²) in [4.78, 5) is 70.6. The number of rotatable bonds is 7. The van der Waals surface area contributed by atoms with Crippen molar-refractivity contribution in [1.29, 1.82) is 0 Å². The molecule has 36 heavy (non-hydrogen) atoms. The normalized spacial score (nSPS) is 15.1. The molecule has 1 aliphatic heterocycles. The SMILES string of the molecule is O=C(Nc1nc2ccc([N+](=O)[O-])cc2s1)C(=O)[C@@H](C(=O)c1ccncc1)[C@H]1OC(=O)c2ccccc21. The van der Waals surface area contributed by atoms with Crippen LogP contribution in [0.25, 0.3) is 10.2 Å². The van der Waals surface area contributed by atoms with E-state index < -0.39 is 40.4 Å². The maximum Gasteiger partial charge on any atom is 0.339 e. The molecule has 0 bridgehead atoms. The standard InChI is InChI=1S/C24H14N4O7S/c29-19(12-7-9-25-10-8-12)18(21-14-3-1-2-4-15(14)23(32)35-21)20(30)22(31)27-24-26-16-6-5-13(28(33)34)11-17(16)36-24/h1-11,18,21H,(H,26,27,31)/t18-,21+/m1/s1. The number of amides is 1. The topological polar surface area (TPSA) is 158 Å². The van der Waals surface area contributed by atoms with E-state index in [0.717, 1.165) is 11.3 Å². The molecule has 1 N–H and O–H groups in total. The number of cyclic esters (lactones) is 1. The van der Waals surface area contributed by atoms with Gasteiger partial charge < -0.3 is 4.74 Å². The smallest absolute Gasteiger partial charge is 0.339 e. The maximum atomic E-state index is 13.4. The van der Waals surface area contributed by atoms with E-state index in [1.54, 1.807) is 18.2 Å². The predicted molar refractivity (Wildman–Crippen MR) is 127 cm³/mol. The number of benzene rings is 2. The average Bonchev–Trinajstić information content (AvgIpc) is 3.44. The lowest BCUT2D eigenvalue weighted by molar-refractivity contribution is -0.384. The van der Waals surface area contributed by atoms with Crippen LogP contribution in [0.15, 0.2) is 67.0 Å². The number of Topliss-reactive ketones (excluding diaryl/α,β-unsaturated/α-hetero) is 2. The third kappa shape index (κ3) is 4.09. The van der Waals surface area contributed by atoms with E-state index in [1.165, 1.54) is 48.8 Å². The number of hydrogen-bond donors (Lipinski definition) is 1. The van der Waals surface area contributed by atoms with Crippen molar-refractivity contribution in [2.75, 3.05) is 5.32 Å². The molecular formula is C24H14N4O7S. The molecular weight excluding hydrogens is 488 g/mol. The number of non-ortho nitro benzene ring substituents is 1. The van der Waals surface area contributed by atoms with Crippen LogP contribution in [-0.4, -0.2) is 38.3 Å². The highest BCUT2D eigenvalue weighted by atomic mass is 32.1. The minimum absolute atomic E-state index is 0.0165. The highest BCUT2D eigenvalue weighted by Crippen LogP contribution is 2.38. The van der Waals surface area contributed by atoms with Crippen molar-refractivity contribution >= 4 is 55.8 Å². The van der Waals surface area contributed by atoms with Crippen LogP contribution < -0.4 is 5.32 Å². The summed E-state index contributed by atoms with van der Waals surface area (Å²) in [6, 6.07) is 13.1. The van der Waals surface area contributed by atoms with Crippen molar-refractivity contribution in [3.63, 3.8) is 0 Å². The summed E-state index contributed by atoms with van der Waals surface area (Å²) in [7, 11) is 0. The number of nitro groups is 1. The molecule has 2 aromatic heterocycles. The summed E-state index contributed by atoms with van der Waals surface area (Å²) in [5.74, 6) is -5.35. The third-order valence-electron chi connectivity index (χ3n) is 5.58. The van der Waals surface area contributed by atoms with E-state index in [1.807, 2.05) is 0 Å². The summed E-state index contributed by atoms with van der Waals surface area (Å²) >= 11 is 0.934. The highest BCUT2D eigenvalue weighted by Gasteiger charge is 2.46. The second-order valence-electron chi connectivity index (χ2n) is 7.74. The largest absolute Gasteiger partial charge is 0.453 e. The van der Waals surface area contributed by atoms with Gasteiger partial charge >= 0.3 is 5.97 Å². The maximum absolute atomic E-state index is 13.4. The number of nitrogens with zero attached hydrogens (tertiary/aromatic N) is 3. The number of carbonyl (C=O) groups excluding carboxylic acids is 4. The number of hydrogen-bond acceptors (Lipinski definition) is 10. The molecule has 1 aliphatic rings. The number of carbonyl (C=O) groups is 4. The molecule has 2 aromatic carbocycles. The fourth-order valence-corrected chi connectivity index (χ4v) is 4.78. The van der Waals surface area contributed by atoms with E-state index in [4.69, 9.17) is 4.74 Å². The van der Waals surface area contributed by atoms with Gasteiger partial charge in [0.1, 0.15) is 12.0 Å². The lowest BCUT2D eigenvalue weighted by atomic mass is 9.85. The minimum Gasteiger partial charge on any atom is -0.453 e. The van der Waals surface area contributed by atoms with Crippen molar-refractivity contribution in [3.8, 4) is 0 Å². The van der Waals surface area contributed by atoms with Crippen LogP contribution in [-0.2, 0) is 14.3 Å². The van der Waals surface area contributed by atoms with Crippen LogP contribution in [0, 0.1) is 16.0 Å². The molecule has 12 heteroatoms. The van der Waals surface area contributed by atoms with Crippen LogP contribution in [0.5, 0.6) is 0 Å². The summed E-state index contributed by atoms with van der Waals surface area (Å²) in [6.45, 7) is 0. The van der Waals surface area contributed by atoms with Gasteiger partial charge in [-0.25, -0.2) is 9.78 Å². The van der Waals surface area contributed by atoms with Gasteiger partial charge in [0, 0.05) is 35.7 Å². The molecule has 0 spiro atoms. The number of ether oxygens (including phenoxy) is 1. The van der Waals surface area contributed by atoms with E-state index in [9.17, 15) is 29.3 Å². The first-order chi connectivity index (χ1) is 17.3. The minimum atomic E-state index is -1.66. The summed E-state index contributed by atoms with van der Waals surface area (Å²) in [5, 5.41) is 13.4. The van der Waals surface area contributed by atoms with Crippen molar-refractivity contribution in [1.82, 2.24) is 9.97 Å². The molecule has 0 aliphatic carbocycles. The van der Waals surface area contributed by atoms with Gasteiger partial charge in [-0.05, 0) is 24.3 Å². The molecule has 3 heterocycles. The van der Waals surface area contributed by atoms with Gasteiger partial charge in [-0.1, -0.05) is 29.5 Å². The first-order valence-corrected chi connectivity index (χ1v) is 11.3. The van der Waals surface area contributed by atoms with Crippen LogP contribution in [0.2, 0.25) is 0 Å². The highest BCUT2D eigenvalue weighted by molar-refractivity contribution is 7.22. The van der Waals surface area contributed by atoms with Gasteiger partial charge in [0.25, 0.3) is 11.6 Å². The number of ketones is 2. The quantitative estimate of drug-likeness (QED) is 0.0996. The molecule has 0 fully saturated rings. The molecule has 2 atom stereocenters. The number of aromatic nitrogens is 2. The van der Waals surface area contributed by atoms with Crippen molar-refractivity contribution in [2.45, 2.75) is 6.10 Å². The Morgan fingerprint density at radius 3 is 2.58 bits per heavy atom. The number of nitrogens with one attached hydrogen (secondary N) is 1. The number of anilines is 1. The van der Waals surface area contributed by atoms with Gasteiger partial charge in [-0.15, -0.1) is 0 Å². The molecule has 1 amide bonds. The zero-order valence-electron chi connectivity index (χ0n) is 18.1. The third-order valence-corrected chi connectivity index (χ3v) is 6.51. The summed E-state index contributed by atoms with van der Waals surface area (Å²) in [5.41, 5.74) is 0.879. The Bertz CT molecular complexity index is 1570. The van der Waals surface area contributed by atoms with Crippen LogP contribution in [0.4, 0.5) is 10.8 Å². The number of fused-ring (bicyclic) bond motifs is 2. The molecule has 0 unspecified atom stereocenters. The predicted octanol–water partition coefficient (Wildman–Crippen LogP) is 3.52. The number of nitro benzene ring substituents is 1. The lowest BCUT2D eigenvalue weighted by Crippen LogP contribution is -2.38. The summed E-state index contributed by atoms with van der Waals surface area (Å²) < 4.78 is 5.81. The Morgan fingerprint density at radius 1 is 1.08 bits per heavy atom. The molecule has 178 valence electrons. The lowest BCUT2D eigenvalue weighted by Gasteiger charge is -2.20. The van der Waals surface area contributed by atoms with Crippen LogP contribution in [0.1, 0.15) is 32.4 Å². The molecule has 11 nitrogen and oxygen atoms in total. The Morgan fingerprint density at radius 2 is 1.83 bits per heavy atom. The number of thiazole rings is 1. The van der Waals surface area contributed by atoms with Gasteiger partial charge in [-0.3, -0.25) is 34.8 Å². The molecule has 0 saturated heterocycles. The number of esters is 1. The van der Waals surface area contributed by atoms with Crippen molar-refractivity contribution in [3.05, 3.63) is 93.8 Å². The van der Waals surface area contributed by atoms with E-state index >= 15 is 0 Å².